The first kappa shape index (κ1) is 28.3. The number of carbonyl (C=O) groups is 1. The van der Waals surface area contributed by atoms with Gasteiger partial charge in [0, 0.05) is 23.2 Å². The molecule has 0 aliphatic carbocycles. The largest absolute Gasteiger partial charge is 0.444 e. The summed E-state index contributed by atoms with van der Waals surface area (Å²) in [5.41, 5.74) is 0.987. The molecule has 0 fully saturated rings. The predicted octanol–water partition coefficient (Wildman–Crippen LogP) is 6.41. The van der Waals surface area contributed by atoms with Gasteiger partial charge >= 0.3 is 6.09 Å². The first-order valence-corrected chi connectivity index (χ1v) is 12.8. The number of hydrogen-bond donors (Lipinski definition) is 3. The molecule has 11 heteroatoms. The molecule has 3 N–H and O–H groups in total. The number of amides is 1. The summed E-state index contributed by atoms with van der Waals surface area (Å²) in [5, 5.41) is 23.6. The van der Waals surface area contributed by atoms with Crippen LogP contribution in [0.15, 0.2) is 54.7 Å². The molecule has 2 atom stereocenters. The van der Waals surface area contributed by atoms with Crippen LogP contribution in [-0.4, -0.2) is 32.5 Å². The van der Waals surface area contributed by atoms with Crippen LogP contribution in [0, 0.1) is 23.0 Å². The van der Waals surface area contributed by atoms with Crippen LogP contribution in [0.4, 0.5) is 30.9 Å². The van der Waals surface area contributed by atoms with Gasteiger partial charge in [-0.15, -0.1) is 0 Å². The van der Waals surface area contributed by atoms with Crippen LogP contribution in [0.25, 0.3) is 10.9 Å². The summed E-state index contributed by atoms with van der Waals surface area (Å²) < 4.78 is 37.3. The second kappa shape index (κ2) is 11.6. The van der Waals surface area contributed by atoms with E-state index in [-0.39, 0.29) is 22.8 Å². The molecular formula is C29H31F2N7O2. The molecule has 2 aromatic heterocycles. The van der Waals surface area contributed by atoms with Gasteiger partial charge < -0.3 is 20.7 Å². The summed E-state index contributed by atoms with van der Waals surface area (Å²) in [6, 6.07) is 12.8. The highest BCUT2D eigenvalue weighted by Gasteiger charge is 2.27. The highest BCUT2D eigenvalue weighted by molar-refractivity contribution is 5.83. The summed E-state index contributed by atoms with van der Waals surface area (Å²) in [7, 11) is 0. The summed E-state index contributed by atoms with van der Waals surface area (Å²) in [5.74, 6) is -1.49. The maximum absolute atomic E-state index is 15.2. The van der Waals surface area contributed by atoms with Crippen molar-refractivity contribution in [2.45, 2.75) is 58.8 Å². The van der Waals surface area contributed by atoms with Crippen molar-refractivity contribution in [3.63, 3.8) is 0 Å². The van der Waals surface area contributed by atoms with Crippen LogP contribution in [0.3, 0.4) is 0 Å². The molecule has 0 saturated heterocycles. The summed E-state index contributed by atoms with van der Waals surface area (Å²) in [6.45, 7) is 9.52. The maximum Gasteiger partial charge on any atom is 0.407 e. The van der Waals surface area contributed by atoms with Gasteiger partial charge in [0.1, 0.15) is 17.5 Å². The Bertz CT molecular complexity index is 1570. The zero-order chi connectivity index (χ0) is 29.0. The molecule has 0 aliphatic rings. The van der Waals surface area contributed by atoms with Crippen LogP contribution < -0.4 is 16.0 Å². The molecule has 0 unspecified atom stereocenters. The maximum atomic E-state index is 15.2. The molecule has 9 nitrogen and oxygen atoms in total. The molecule has 0 radical (unpaired) electrons. The number of pyridine rings is 1. The van der Waals surface area contributed by atoms with E-state index < -0.39 is 35.4 Å². The number of aryl methyl sites for hydroxylation is 1. The van der Waals surface area contributed by atoms with Crippen molar-refractivity contribution < 1.29 is 18.3 Å². The molecule has 0 saturated carbocycles. The number of ether oxygens (including phenoxy) is 1. The number of nitrogens with one attached hydrogen (secondary N) is 3. The SMILES string of the molecule is CCn1ncc2cc(Nc3nc(N[C@H](c4ccccc4F)[C@H](C)NC(=O)OC(C)(C)C)c(F)cc3C#N)ccc21. The third-order valence-corrected chi connectivity index (χ3v) is 6.08. The number of aromatic nitrogens is 3. The van der Waals surface area contributed by atoms with E-state index in [4.69, 9.17) is 4.74 Å². The second-order valence-corrected chi connectivity index (χ2v) is 10.3. The van der Waals surface area contributed by atoms with Gasteiger partial charge in [0.2, 0.25) is 0 Å². The lowest BCUT2D eigenvalue weighted by Gasteiger charge is -2.29. The number of rotatable bonds is 8. The van der Waals surface area contributed by atoms with Crippen LogP contribution in [0.2, 0.25) is 0 Å². The van der Waals surface area contributed by atoms with E-state index in [9.17, 15) is 14.4 Å². The van der Waals surface area contributed by atoms with Crippen molar-refractivity contribution in [1.29, 1.82) is 5.26 Å². The van der Waals surface area contributed by atoms with E-state index in [1.165, 1.54) is 18.2 Å². The fourth-order valence-electron chi connectivity index (χ4n) is 4.25. The standard InChI is InChI=1S/C29H31F2N7O2/c1-6-38-24-12-11-20(13-19(24)16-33-38)35-26-18(15-32)14-23(31)27(37-26)36-25(21-9-7-8-10-22(21)30)17(2)34-28(39)40-29(3,4)5/h7-14,16-17,25H,6H2,1-5H3,(H,34,39)(H2,35,36,37)/t17-,25-/m0/s1. The smallest absolute Gasteiger partial charge is 0.407 e. The number of benzene rings is 2. The minimum Gasteiger partial charge on any atom is -0.444 e. The summed E-state index contributed by atoms with van der Waals surface area (Å²) >= 11 is 0. The van der Waals surface area contributed by atoms with Crippen LogP contribution in [0.1, 0.15) is 51.8 Å². The lowest BCUT2D eigenvalue weighted by molar-refractivity contribution is 0.0503. The number of fused-ring (bicyclic) bond motifs is 1. The van der Waals surface area contributed by atoms with Gasteiger partial charge in [-0.2, -0.15) is 10.4 Å². The van der Waals surface area contributed by atoms with Gasteiger partial charge in [-0.05, 0) is 65.0 Å². The zero-order valence-corrected chi connectivity index (χ0v) is 22.9. The van der Waals surface area contributed by atoms with Crippen LogP contribution >= 0.6 is 0 Å². The van der Waals surface area contributed by atoms with E-state index >= 15 is 4.39 Å². The minimum atomic E-state index is -0.937. The van der Waals surface area contributed by atoms with Crippen molar-refractivity contribution in [1.82, 2.24) is 20.1 Å². The summed E-state index contributed by atoms with van der Waals surface area (Å²) in [4.78, 5) is 16.8. The van der Waals surface area contributed by atoms with E-state index in [0.29, 0.717) is 12.2 Å². The average molecular weight is 548 g/mol. The molecule has 4 aromatic rings. The van der Waals surface area contributed by atoms with Gasteiger partial charge in [-0.1, -0.05) is 18.2 Å². The highest BCUT2D eigenvalue weighted by Crippen LogP contribution is 2.30. The Morgan fingerprint density at radius 2 is 1.88 bits per heavy atom. The number of hydrogen-bond acceptors (Lipinski definition) is 7. The van der Waals surface area contributed by atoms with Gasteiger partial charge in [0.05, 0.1) is 29.4 Å². The first-order chi connectivity index (χ1) is 19.0. The Morgan fingerprint density at radius 1 is 1.12 bits per heavy atom. The van der Waals surface area contributed by atoms with Crippen molar-refractivity contribution in [3.8, 4) is 6.07 Å². The first-order valence-electron chi connectivity index (χ1n) is 12.8. The van der Waals surface area contributed by atoms with Gasteiger partial charge in [-0.3, -0.25) is 4.68 Å². The molecular weight excluding hydrogens is 516 g/mol. The van der Waals surface area contributed by atoms with E-state index in [1.807, 2.05) is 35.9 Å². The molecule has 40 heavy (non-hydrogen) atoms. The zero-order valence-electron chi connectivity index (χ0n) is 22.9. The van der Waals surface area contributed by atoms with Gasteiger partial charge in [0.25, 0.3) is 0 Å². The molecule has 0 bridgehead atoms. The quantitative estimate of drug-likeness (QED) is 0.233. The molecule has 0 aliphatic heterocycles. The van der Waals surface area contributed by atoms with E-state index in [2.05, 4.69) is 26.0 Å². The molecule has 0 spiro atoms. The number of nitriles is 1. The Morgan fingerprint density at radius 3 is 2.55 bits per heavy atom. The second-order valence-electron chi connectivity index (χ2n) is 10.3. The average Bonchev–Trinajstić information content (AvgIpc) is 3.30. The van der Waals surface area contributed by atoms with E-state index in [1.54, 1.807) is 40.0 Å². The van der Waals surface area contributed by atoms with Gasteiger partial charge in [0.15, 0.2) is 17.5 Å². The fraction of sp³-hybridized carbons (Fsp3) is 0.310. The predicted molar refractivity (Wildman–Crippen MR) is 149 cm³/mol. The lowest BCUT2D eigenvalue weighted by Crippen LogP contribution is -2.43. The van der Waals surface area contributed by atoms with Crippen LogP contribution in [-0.2, 0) is 11.3 Å². The number of carbonyl (C=O) groups excluding carboxylic acids is 1. The normalized spacial score (nSPS) is 12.8. The lowest BCUT2D eigenvalue weighted by atomic mass is 9.99. The highest BCUT2D eigenvalue weighted by atomic mass is 19.1. The number of halogens is 2. The Balaban J connectivity index is 1.67. The number of alkyl carbamates (subject to hydrolysis) is 1. The minimum absolute atomic E-state index is 0.0187. The van der Waals surface area contributed by atoms with Crippen molar-refractivity contribution in [2.24, 2.45) is 0 Å². The summed E-state index contributed by atoms with van der Waals surface area (Å²) in [6.07, 6.45) is 1.03. The Labute approximate surface area is 231 Å². The Kier molecular flexibility index (Phi) is 8.18. The van der Waals surface area contributed by atoms with Crippen molar-refractivity contribution in [2.75, 3.05) is 10.6 Å². The topological polar surface area (TPSA) is 117 Å². The van der Waals surface area contributed by atoms with Crippen molar-refractivity contribution in [3.05, 3.63) is 77.5 Å². The van der Waals surface area contributed by atoms with Gasteiger partial charge in [-0.25, -0.2) is 18.6 Å². The fourth-order valence-corrected chi connectivity index (χ4v) is 4.25. The molecule has 4 rings (SSSR count). The third-order valence-electron chi connectivity index (χ3n) is 6.08. The molecule has 1 amide bonds. The molecule has 2 aromatic carbocycles. The monoisotopic (exact) mass is 547 g/mol. The molecule has 208 valence electrons. The third kappa shape index (κ3) is 6.46. The number of nitrogens with zero attached hydrogens (tertiary/aromatic N) is 4. The van der Waals surface area contributed by atoms with E-state index in [0.717, 1.165) is 17.0 Å². The Hall–Kier alpha value is -4.72. The van der Waals surface area contributed by atoms with Crippen LogP contribution in [0.5, 0.6) is 0 Å². The number of anilines is 3. The van der Waals surface area contributed by atoms with Crippen molar-refractivity contribution >= 4 is 34.3 Å². The molecule has 2 heterocycles.